The molecule has 0 saturated carbocycles. The summed E-state index contributed by atoms with van der Waals surface area (Å²) in [5.74, 6) is 0.205. The molecule has 2 heterocycles. The molecule has 0 radical (unpaired) electrons. The number of nitrogens with zero attached hydrogens (tertiary/aromatic N) is 6. The molecule has 1 aliphatic rings. The molecule has 3 rings (SSSR count). The number of aliphatic hydroxyl groups is 1. The van der Waals surface area contributed by atoms with Gasteiger partial charge in [-0.15, -0.1) is 0 Å². The Balaban J connectivity index is 2.01. The van der Waals surface area contributed by atoms with E-state index in [0.717, 1.165) is 0 Å². The second-order valence-electron chi connectivity index (χ2n) is 4.98. The summed E-state index contributed by atoms with van der Waals surface area (Å²) in [5.41, 5.74) is 7.62. The Morgan fingerprint density at radius 3 is 2.95 bits per heavy atom. The van der Waals surface area contributed by atoms with Gasteiger partial charge in [-0.3, -0.25) is 0 Å². The summed E-state index contributed by atoms with van der Waals surface area (Å²) in [5, 5.41) is 14.7. The summed E-state index contributed by atoms with van der Waals surface area (Å²) in [6.07, 6.45) is 3.44. The zero-order valence-electron chi connectivity index (χ0n) is 11.7. The van der Waals surface area contributed by atoms with E-state index in [4.69, 9.17) is 5.53 Å². The summed E-state index contributed by atoms with van der Waals surface area (Å²) < 4.78 is 14.9. The van der Waals surface area contributed by atoms with Crippen molar-refractivity contribution in [2.75, 3.05) is 18.0 Å². The van der Waals surface area contributed by atoms with Crippen molar-refractivity contribution < 1.29 is 14.1 Å². The highest BCUT2D eigenvalue weighted by Gasteiger charge is 2.51. The Labute approximate surface area is 125 Å². The molecule has 2 aromatic rings. The van der Waals surface area contributed by atoms with Gasteiger partial charge < -0.3 is 5.11 Å². The predicted molar refractivity (Wildman–Crippen MR) is 76.1 cm³/mol. The second-order valence-corrected chi connectivity index (χ2v) is 4.98. The first-order valence-corrected chi connectivity index (χ1v) is 6.76. The number of azide groups is 1. The van der Waals surface area contributed by atoms with Crippen LogP contribution in [0.4, 0.5) is 10.3 Å². The average Bonchev–Trinajstić information content (AvgIpc) is 2.81. The van der Waals surface area contributed by atoms with Crippen molar-refractivity contribution in [3.63, 3.8) is 0 Å². The standard InChI is InChI=1S/C14H14FN6O/c15-12-4-2-11(3-5-12)14(22)10-20-8-1-6-17-13(20)21(14)9-7-18-19-16/h1-6,8,22H,7,9-10H2/q+1. The van der Waals surface area contributed by atoms with Crippen LogP contribution in [0.2, 0.25) is 0 Å². The van der Waals surface area contributed by atoms with E-state index in [2.05, 4.69) is 15.0 Å². The molecule has 22 heavy (non-hydrogen) atoms. The number of aromatic nitrogens is 2. The highest BCUT2D eigenvalue weighted by Crippen LogP contribution is 2.33. The number of hydrogen-bond donors (Lipinski definition) is 1. The van der Waals surface area contributed by atoms with Gasteiger partial charge in [0.05, 0.1) is 19.3 Å². The summed E-state index contributed by atoms with van der Waals surface area (Å²) >= 11 is 0. The van der Waals surface area contributed by atoms with Gasteiger partial charge in [0.15, 0.2) is 0 Å². The summed E-state index contributed by atoms with van der Waals surface area (Å²) in [6.45, 7) is 0.754. The predicted octanol–water partition coefficient (Wildman–Crippen LogP) is 1.48. The summed E-state index contributed by atoms with van der Waals surface area (Å²) in [4.78, 5) is 8.66. The number of halogens is 1. The maximum Gasteiger partial charge on any atom is 0.396 e. The Bertz CT molecular complexity index is 730. The average molecular weight is 301 g/mol. The molecule has 0 amide bonds. The topological polar surface area (TPSA) is 89.0 Å². The van der Waals surface area contributed by atoms with E-state index in [-0.39, 0.29) is 18.9 Å². The van der Waals surface area contributed by atoms with Crippen molar-refractivity contribution in [3.05, 3.63) is 64.5 Å². The van der Waals surface area contributed by atoms with Gasteiger partial charge in [-0.1, -0.05) is 10.1 Å². The van der Waals surface area contributed by atoms with Crippen LogP contribution in [0, 0.1) is 5.82 Å². The molecule has 0 fully saturated rings. The van der Waals surface area contributed by atoms with Crippen molar-refractivity contribution in [1.82, 2.24) is 4.98 Å². The lowest BCUT2D eigenvalue weighted by atomic mass is 10.0. The normalized spacial score (nSPS) is 19.6. The number of hydrogen-bond acceptors (Lipinski definition) is 4. The van der Waals surface area contributed by atoms with Crippen LogP contribution in [0.5, 0.6) is 0 Å². The van der Waals surface area contributed by atoms with Crippen LogP contribution in [0.15, 0.2) is 47.8 Å². The van der Waals surface area contributed by atoms with Gasteiger partial charge in [0.25, 0.3) is 0 Å². The molecule has 7 nitrogen and oxygen atoms in total. The van der Waals surface area contributed by atoms with Gasteiger partial charge in [-0.2, -0.15) is 0 Å². The molecular formula is C14H14FN6O+. The molecule has 1 aromatic heterocycles. The molecule has 0 bridgehead atoms. The third-order valence-corrected chi connectivity index (χ3v) is 3.67. The minimum Gasteiger partial charge on any atom is -0.353 e. The Morgan fingerprint density at radius 1 is 1.45 bits per heavy atom. The van der Waals surface area contributed by atoms with Gasteiger partial charge in [-0.25, -0.2) is 13.9 Å². The Hall–Kier alpha value is -2.70. The zero-order chi connectivity index (χ0) is 15.6. The summed E-state index contributed by atoms with van der Waals surface area (Å²) in [6, 6.07) is 7.47. The van der Waals surface area contributed by atoms with E-state index in [9.17, 15) is 9.50 Å². The van der Waals surface area contributed by atoms with Crippen molar-refractivity contribution >= 4 is 5.95 Å². The quantitative estimate of drug-likeness (QED) is 0.401. The van der Waals surface area contributed by atoms with Gasteiger partial charge in [0.2, 0.25) is 5.72 Å². The van der Waals surface area contributed by atoms with Crippen molar-refractivity contribution in [1.29, 1.82) is 0 Å². The monoisotopic (exact) mass is 301 g/mol. The van der Waals surface area contributed by atoms with Crippen molar-refractivity contribution in [2.45, 2.75) is 12.3 Å². The van der Waals surface area contributed by atoms with Gasteiger partial charge in [-0.05, 0) is 29.8 Å². The summed E-state index contributed by atoms with van der Waals surface area (Å²) in [7, 11) is 0. The van der Waals surface area contributed by atoms with E-state index < -0.39 is 5.72 Å². The Morgan fingerprint density at radius 2 is 2.23 bits per heavy atom. The van der Waals surface area contributed by atoms with E-state index >= 15 is 0 Å². The number of benzene rings is 1. The molecule has 8 heteroatoms. The molecule has 0 spiro atoms. The van der Waals surface area contributed by atoms with Crippen LogP contribution in [-0.4, -0.2) is 23.2 Å². The first-order valence-electron chi connectivity index (χ1n) is 6.76. The van der Waals surface area contributed by atoms with Crippen LogP contribution in [-0.2, 0) is 12.3 Å². The fourth-order valence-electron chi connectivity index (χ4n) is 2.67. The molecule has 1 aromatic carbocycles. The highest BCUT2D eigenvalue weighted by atomic mass is 19.1. The van der Waals surface area contributed by atoms with Crippen LogP contribution in [0.3, 0.4) is 0 Å². The third-order valence-electron chi connectivity index (χ3n) is 3.67. The molecule has 0 aliphatic carbocycles. The van der Waals surface area contributed by atoms with Gasteiger partial charge in [0.1, 0.15) is 18.6 Å². The Kier molecular flexibility index (Phi) is 3.62. The first kappa shape index (κ1) is 14.2. The molecule has 112 valence electrons. The lowest BCUT2D eigenvalue weighted by Crippen LogP contribution is -2.46. The van der Waals surface area contributed by atoms with E-state index in [1.165, 1.54) is 12.1 Å². The lowest BCUT2D eigenvalue weighted by molar-refractivity contribution is -0.685. The molecule has 1 aliphatic heterocycles. The number of rotatable bonds is 4. The minimum absolute atomic E-state index is 0.191. The fraction of sp³-hybridized carbons (Fsp3) is 0.286. The van der Waals surface area contributed by atoms with E-state index in [1.807, 2.05) is 6.20 Å². The van der Waals surface area contributed by atoms with Crippen molar-refractivity contribution in [3.8, 4) is 0 Å². The SMILES string of the molecule is [N-]=[N+]=NCCN1c2nccc[n+]2CC1(O)c1ccc(F)cc1. The smallest absolute Gasteiger partial charge is 0.353 e. The molecule has 1 atom stereocenters. The number of anilines is 1. The van der Waals surface area contributed by atoms with Gasteiger partial charge >= 0.3 is 5.95 Å². The fourth-order valence-corrected chi connectivity index (χ4v) is 2.67. The highest BCUT2D eigenvalue weighted by molar-refractivity contribution is 5.38. The number of fused-ring (bicyclic) bond motifs is 1. The second kappa shape index (κ2) is 5.59. The molecular weight excluding hydrogens is 287 g/mol. The van der Waals surface area contributed by atoms with E-state index in [1.54, 1.807) is 33.9 Å². The maximum absolute atomic E-state index is 13.1. The van der Waals surface area contributed by atoms with Crippen LogP contribution in [0.25, 0.3) is 10.4 Å². The molecule has 1 N–H and O–H groups in total. The maximum atomic E-state index is 13.1. The lowest BCUT2D eigenvalue weighted by Gasteiger charge is -2.28. The van der Waals surface area contributed by atoms with Crippen LogP contribution < -0.4 is 9.47 Å². The molecule has 1 unspecified atom stereocenters. The van der Waals surface area contributed by atoms with Crippen molar-refractivity contribution in [2.24, 2.45) is 5.11 Å². The van der Waals surface area contributed by atoms with Crippen LogP contribution in [0.1, 0.15) is 5.56 Å². The van der Waals surface area contributed by atoms with E-state index in [0.29, 0.717) is 18.1 Å². The molecule has 0 saturated heterocycles. The largest absolute Gasteiger partial charge is 0.396 e. The third kappa shape index (κ3) is 2.34. The van der Waals surface area contributed by atoms with Gasteiger partial charge in [0, 0.05) is 16.5 Å². The first-order chi connectivity index (χ1) is 10.6. The minimum atomic E-state index is -1.36. The van der Waals surface area contributed by atoms with Crippen LogP contribution >= 0.6 is 0 Å². The zero-order valence-corrected chi connectivity index (χ0v) is 11.7.